The molecule has 3 aromatic rings. The molecule has 0 saturated carbocycles. The van der Waals surface area contributed by atoms with Crippen LogP contribution in [0.15, 0.2) is 71.9 Å². The maximum atomic E-state index is 13.1. The van der Waals surface area contributed by atoms with Crippen molar-refractivity contribution in [3.05, 3.63) is 99.9 Å². The Balaban J connectivity index is 1.95. The minimum atomic E-state index is -0.506. The quantitative estimate of drug-likeness (QED) is 0.687. The van der Waals surface area contributed by atoms with Gasteiger partial charge in [-0.05, 0) is 42.8 Å². The van der Waals surface area contributed by atoms with Crippen LogP contribution in [0.4, 0.5) is 4.39 Å². The van der Waals surface area contributed by atoms with E-state index in [0.29, 0.717) is 12.0 Å². The smallest absolute Gasteiger partial charge is 0.280 e. The number of pyridine rings is 1. The Kier molecular flexibility index (Phi) is 5.10. The highest BCUT2D eigenvalue weighted by atomic mass is 35.5. The zero-order valence-electron chi connectivity index (χ0n) is 13.6. The Morgan fingerprint density at radius 3 is 2.60 bits per heavy atom. The van der Waals surface area contributed by atoms with E-state index in [9.17, 15) is 9.18 Å². The van der Waals surface area contributed by atoms with E-state index < -0.39 is 11.7 Å². The summed E-state index contributed by atoms with van der Waals surface area (Å²) in [5.74, 6) is -0.996. The summed E-state index contributed by atoms with van der Waals surface area (Å²) in [5.41, 5.74) is 2.97. The average Bonchev–Trinajstić information content (AvgIpc) is 2.58. The molecule has 25 heavy (non-hydrogen) atoms. The van der Waals surface area contributed by atoms with Gasteiger partial charge >= 0.3 is 0 Å². The van der Waals surface area contributed by atoms with Gasteiger partial charge in [0.2, 0.25) is 0 Å². The fourth-order valence-electron chi connectivity index (χ4n) is 2.42. The van der Waals surface area contributed by atoms with Crippen LogP contribution in [0.2, 0.25) is 5.02 Å². The van der Waals surface area contributed by atoms with Crippen LogP contribution in [0.3, 0.4) is 0 Å². The number of carbonyl (C=O) groups excluding carboxylic acids is 1. The molecule has 1 aromatic heterocycles. The summed E-state index contributed by atoms with van der Waals surface area (Å²) in [6.07, 6.45) is 1.86. The first-order valence-corrected chi connectivity index (χ1v) is 8.16. The second kappa shape index (κ2) is 7.45. The number of hydrogen-bond donors (Lipinski definition) is 0. The highest BCUT2D eigenvalue weighted by Crippen LogP contribution is 2.17. The van der Waals surface area contributed by atoms with Gasteiger partial charge in [-0.25, -0.2) is 4.39 Å². The van der Waals surface area contributed by atoms with E-state index in [1.807, 2.05) is 54.1 Å². The van der Waals surface area contributed by atoms with E-state index >= 15 is 0 Å². The van der Waals surface area contributed by atoms with Crippen molar-refractivity contribution in [2.24, 2.45) is 4.99 Å². The molecular formula is C20H16ClFN2O. The monoisotopic (exact) mass is 354 g/mol. The number of halogens is 2. The third kappa shape index (κ3) is 4.22. The number of rotatable bonds is 3. The summed E-state index contributed by atoms with van der Waals surface area (Å²) >= 11 is 5.95. The predicted octanol–water partition coefficient (Wildman–Crippen LogP) is 4.38. The molecule has 0 fully saturated rings. The van der Waals surface area contributed by atoms with Crippen molar-refractivity contribution in [3.8, 4) is 0 Å². The lowest BCUT2D eigenvalue weighted by atomic mass is 10.1. The van der Waals surface area contributed by atoms with Crippen LogP contribution < -0.4 is 5.49 Å². The third-order valence-corrected chi connectivity index (χ3v) is 4.08. The molecule has 0 saturated heterocycles. The van der Waals surface area contributed by atoms with Crippen molar-refractivity contribution in [2.75, 3.05) is 0 Å². The van der Waals surface area contributed by atoms with E-state index in [-0.39, 0.29) is 10.6 Å². The van der Waals surface area contributed by atoms with E-state index in [2.05, 4.69) is 4.99 Å². The fourth-order valence-corrected chi connectivity index (χ4v) is 2.67. The Morgan fingerprint density at radius 1 is 1.12 bits per heavy atom. The SMILES string of the molecule is Cc1ccc(Cn2ccccc2=NC(=O)c2ccc(F)cc2Cl)cc1. The molecule has 0 aliphatic rings. The molecule has 3 nitrogen and oxygen atoms in total. The Labute approximate surface area is 150 Å². The number of hydrogen-bond acceptors (Lipinski definition) is 1. The van der Waals surface area contributed by atoms with Crippen molar-refractivity contribution in [2.45, 2.75) is 13.5 Å². The highest BCUT2D eigenvalue weighted by molar-refractivity contribution is 6.33. The van der Waals surface area contributed by atoms with Crippen LogP contribution in [0.5, 0.6) is 0 Å². The molecule has 3 rings (SSSR count). The molecular weight excluding hydrogens is 339 g/mol. The molecule has 1 heterocycles. The van der Waals surface area contributed by atoms with Crippen molar-refractivity contribution >= 4 is 17.5 Å². The van der Waals surface area contributed by atoms with Crippen molar-refractivity contribution in [1.82, 2.24) is 4.57 Å². The molecule has 1 amide bonds. The van der Waals surface area contributed by atoms with Gasteiger partial charge in [-0.15, -0.1) is 0 Å². The number of nitrogens with zero attached hydrogens (tertiary/aromatic N) is 2. The van der Waals surface area contributed by atoms with Crippen LogP contribution in [0.25, 0.3) is 0 Å². The summed E-state index contributed by atoms with van der Waals surface area (Å²) in [5, 5.41) is 0.0507. The largest absolute Gasteiger partial charge is 0.328 e. The fraction of sp³-hybridized carbons (Fsp3) is 0.100. The van der Waals surface area contributed by atoms with Gasteiger partial charge in [-0.3, -0.25) is 4.79 Å². The van der Waals surface area contributed by atoms with Gasteiger partial charge in [0, 0.05) is 12.7 Å². The molecule has 0 atom stereocenters. The summed E-state index contributed by atoms with van der Waals surface area (Å²) in [6, 6.07) is 17.2. The molecule has 0 aliphatic heterocycles. The van der Waals surface area contributed by atoms with Crippen molar-refractivity contribution in [3.63, 3.8) is 0 Å². The Hall–Kier alpha value is -2.72. The molecule has 0 spiro atoms. The second-order valence-electron chi connectivity index (χ2n) is 5.71. The molecule has 0 N–H and O–H groups in total. The highest BCUT2D eigenvalue weighted by Gasteiger charge is 2.10. The number of benzene rings is 2. The topological polar surface area (TPSA) is 34.4 Å². The van der Waals surface area contributed by atoms with Crippen LogP contribution in [0, 0.1) is 12.7 Å². The molecule has 0 aliphatic carbocycles. The van der Waals surface area contributed by atoms with Crippen molar-refractivity contribution in [1.29, 1.82) is 0 Å². The standard InChI is InChI=1S/C20H16ClFN2O/c1-14-5-7-15(8-6-14)13-24-11-3-2-4-19(24)23-20(25)17-10-9-16(22)12-18(17)21/h2-12H,13H2,1H3. The van der Waals surface area contributed by atoms with Gasteiger partial charge < -0.3 is 4.57 Å². The Morgan fingerprint density at radius 2 is 1.88 bits per heavy atom. The normalized spacial score (nSPS) is 11.6. The van der Waals surface area contributed by atoms with Crippen molar-refractivity contribution < 1.29 is 9.18 Å². The molecule has 5 heteroatoms. The first-order chi connectivity index (χ1) is 12.0. The summed E-state index contributed by atoms with van der Waals surface area (Å²) in [7, 11) is 0. The first kappa shape index (κ1) is 17.1. The van der Waals surface area contributed by atoms with E-state index in [4.69, 9.17) is 11.6 Å². The lowest BCUT2D eigenvalue weighted by Crippen LogP contribution is -2.22. The minimum absolute atomic E-state index is 0.0507. The van der Waals surface area contributed by atoms with E-state index in [1.165, 1.54) is 17.7 Å². The third-order valence-electron chi connectivity index (χ3n) is 3.77. The van der Waals surface area contributed by atoms with Gasteiger partial charge in [0.05, 0.1) is 10.6 Å². The lowest BCUT2D eigenvalue weighted by Gasteiger charge is -2.08. The number of aryl methyl sites for hydroxylation is 1. The van der Waals surface area contributed by atoms with Gasteiger partial charge in [0.1, 0.15) is 11.3 Å². The molecule has 0 bridgehead atoms. The van der Waals surface area contributed by atoms with Gasteiger partial charge in [0.15, 0.2) is 0 Å². The van der Waals surface area contributed by atoms with Crippen LogP contribution in [-0.2, 0) is 6.54 Å². The first-order valence-electron chi connectivity index (χ1n) is 7.78. The van der Waals surface area contributed by atoms with Gasteiger partial charge in [-0.1, -0.05) is 47.5 Å². The lowest BCUT2D eigenvalue weighted by molar-refractivity contribution is 0.0997. The zero-order chi connectivity index (χ0) is 17.8. The van der Waals surface area contributed by atoms with Crippen LogP contribution >= 0.6 is 11.6 Å². The van der Waals surface area contributed by atoms with Crippen LogP contribution in [0.1, 0.15) is 21.5 Å². The summed E-state index contributed by atoms with van der Waals surface area (Å²) in [4.78, 5) is 16.6. The van der Waals surface area contributed by atoms with E-state index in [0.717, 1.165) is 11.6 Å². The molecule has 0 radical (unpaired) electrons. The molecule has 126 valence electrons. The van der Waals surface area contributed by atoms with Crippen LogP contribution in [-0.4, -0.2) is 10.5 Å². The van der Waals surface area contributed by atoms with Gasteiger partial charge in [0.25, 0.3) is 5.91 Å². The summed E-state index contributed by atoms with van der Waals surface area (Å²) in [6.45, 7) is 2.62. The van der Waals surface area contributed by atoms with Gasteiger partial charge in [-0.2, -0.15) is 4.99 Å². The minimum Gasteiger partial charge on any atom is -0.328 e. The molecule has 2 aromatic carbocycles. The zero-order valence-corrected chi connectivity index (χ0v) is 14.4. The molecule has 0 unspecified atom stereocenters. The maximum Gasteiger partial charge on any atom is 0.280 e. The number of amides is 1. The predicted molar refractivity (Wildman–Crippen MR) is 96.0 cm³/mol. The number of aromatic nitrogens is 1. The number of carbonyl (C=O) groups is 1. The van der Waals surface area contributed by atoms with E-state index in [1.54, 1.807) is 6.07 Å². The second-order valence-corrected chi connectivity index (χ2v) is 6.12. The average molecular weight is 355 g/mol. The summed E-state index contributed by atoms with van der Waals surface area (Å²) < 4.78 is 15.0. The Bertz CT molecular complexity index is 977. The maximum absolute atomic E-state index is 13.1.